The van der Waals surface area contributed by atoms with Crippen LogP contribution in [0.5, 0.6) is 0 Å². The number of hydrogen-bond donors (Lipinski definition) is 1. The van der Waals surface area contributed by atoms with Crippen molar-refractivity contribution in [1.29, 1.82) is 0 Å². The molecule has 2 rings (SSSR count). The number of hydrogen-bond acceptors (Lipinski definition) is 4. The van der Waals surface area contributed by atoms with Gasteiger partial charge < -0.3 is 10.5 Å². The fourth-order valence-corrected chi connectivity index (χ4v) is 3.14. The smallest absolute Gasteiger partial charge is 0.0834 e. The third-order valence-electron chi connectivity index (χ3n) is 3.14. The molecule has 0 aliphatic rings. The van der Waals surface area contributed by atoms with Crippen molar-refractivity contribution in [2.45, 2.75) is 24.4 Å². The summed E-state index contributed by atoms with van der Waals surface area (Å²) < 4.78 is 6.91. The Labute approximate surface area is 134 Å². The average Bonchev–Trinajstić information content (AvgIpc) is 2.85. The van der Waals surface area contributed by atoms with Gasteiger partial charge in [-0.15, -0.1) is 11.8 Å². The van der Waals surface area contributed by atoms with Gasteiger partial charge >= 0.3 is 0 Å². The molecule has 1 aromatic heterocycles. The molecule has 114 valence electrons. The lowest BCUT2D eigenvalue weighted by atomic mass is 10.2. The molecule has 2 aromatic rings. The summed E-state index contributed by atoms with van der Waals surface area (Å²) in [5.74, 6) is 0.751. The zero-order valence-corrected chi connectivity index (χ0v) is 13.8. The summed E-state index contributed by atoms with van der Waals surface area (Å²) in [7, 11) is 1.66. The molecule has 0 saturated carbocycles. The number of nitrogens with zero attached hydrogens (tertiary/aromatic N) is 2. The van der Waals surface area contributed by atoms with Gasteiger partial charge in [-0.25, -0.2) is 0 Å². The maximum absolute atomic E-state index is 6.28. The molecule has 0 radical (unpaired) electrons. The van der Waals surface area contributed by atoms with Crippen LogP contribution in [0.25, 0.3) is 0 Å². The molecule has 6 heteroatoms. The maximum atomic E-state index is 6.28. The molecule has 0 fully saturated rings. The quantitative estimate of drug-likeness (QED) is 0.794. The first-order valence-electron chi connectivity index (χ1n) is 6.77. The lowest BCUT2D eigenvalue weighted by Gasteiger charge is -2.14. The van der Waals surface area contributed by atoms with E-state index in [0.717, 1.165) is 11.4 Å². The zero-order valence-electron chi connectivity index (χ0n) is 12.3. The average molecular weight is 326 g/mol. The highest BCUT2D eigenvalue weighted by Crippen LogP contribution is 2.27. The first-order chi connectivity index (χ1) is 10.1. The highest BCUT2D eigenvalue weighted by atomic mass is 35.5. The second-order valence-corrected chi connectivity index (χ2v) is 6.32. The summed E-state index contributed by atoms with van der Waals surface area (Å²) in [5.41, 5.74) is 8.41. The fourth-order valence-electron chi connectivity index (χ4n) is 2.00. The van der Waals surface area contributed by atoms with Gasteiger partial charge in [0.05, 0.1) is 36.1 Å². The second-order valence-electron chi connectivity index (χ2n) is 4.82. The molecule has 1 atom stereocenters. The van der Waals surface area contributed by atoms with E-state index in [1.54, 1.807) is 25.1 Å². The normalized spacial score (nSPS) is 12.6. The van der Waals surface area contributed by atoms with Gasteiger partial charge in [-0.05, 0) is 19.1 Å². The van der Waals surface area contributed by atoms with Gasteiger partial charge in [0.2, 0.25) is 0 Å². The molecule has 1 heterocycles. The molecule has 0 saturated heterocycles. The highest BCUT2D eigenvalue weighted by molar-refractivity contribution is 7.99. The molecular weight excluding hydrogens is 306 g/mol. The number of aromatic nitrogens is 2. The Morgan fingerprint density at radius 3 is 2.76 bits per heavy atom. The summed E-state index contributed by atoms with van der Waals surface area (Å²) >= 11 is 7.93. The van der Waals surface area contributed by atoms with Crippen LogP contribution in [0.3, 0.4) is 0 Å². The van der Waals surface area contributed by atoms with Gasteiger partial charge in [-0.2, -0.15) is 5.10 Å². The van der Waals surface area contributed by atoms with E-state index >= 15 is 0 Å². The third-order valence-corrected chi connectivity index (χ3v) is 4.56. The second kappa shape index (κ2) is 7.84. The van der Waals surface area contributed by atoms with Gasteiger partial charge in [0.1, 0.15) is 0 Å². The summed E-state index contributed by atoms with van der Waals surface area (Å²) in [5, 5.41) is 4.87. The topological polar surface area (TPSA) is 53.1 Å². The SMILES string of the molecule is COCCn1ncc(Cl)c1C(N)CSc1ccc(C)cc1. The van der Waals surface area contributed by atoms with Crippen molar-refractivity contribution in [1.82, 2.24) is 9.78 Å². The van der Waals surface area contributed by atoms with E-state index in [9.17, 15) is 0 Å². The van der Waals surface area contributed by atoms with Crippen molar-refractivity contribution in [3.05, 3.63) is 46.7 Å². The van der Waals surface area contributed by atoms with Crippen molar-refractivity contribution in [3.8, 4) is 0 Å². The Balaban J connectivity index is 2.01. The minimum Gasteiger partial charge on any atom is -0.383 e. The van der Waals surface area contributed by atoms with Gasteiger partial charge in [0.25, 0.3) is 0 Å². The molecular formula is C15H20ClN3OS. The number of rotatable bonds is 7. The fraction of sp³-hybridized carbons (Fsp3) is 0.400. The lowest BCUT2D eigenvalue weighted by molar-refractivity contribution is 0.182. The first kappa shape index (κ1) is 16.4. The van der Waals surface area contributed by atoms with E-state index in [1.807, 2.05) is 4.68 Å². The van der Waals surface area contributed by atoms with Crippen LogP contribution in [0.15, 0.2) is 35.4 Å². The van der Waals surface area contributed by atoms with Crippen molar-refractivity contribution >= 4 is 23.4 Å². The highest BCUT2D eigenvalue weighted by Gasteiger charge is 2.17. The van der Waals surface area contributed by atoms with Crippen LogP contribution < -0.4 is 5.73 Å². The Morgan fingerprint density at radius 1 is 1.38 bits per heavy atom. The molecule has 0 aliphatic heterocycles. The first-order valence-corrected chi connectivity index (χ1v) is 8.13. The number of ether oxygens (including phenoxy) is 1. The number of aryl methyl sites for hydroxylation is 1. The van der Waals surface area contributed by atoms with Crippen molar-refractivity contribution in [3.63, 3.8) is 0 Å². The Bertz CT molecular complexity index is 571. The van der Waals surface area contributed by atoms with Gasteiger partial charge in [0, 0.05) is 17.8 Å². The Kier molecular flexibility index (Phi) is 6.11. The van der Waals surface area contributed by atoms with E-state index in [2.05, 4.69) is 36.3 Å². The molecule has 1 unspecified atom stereocenters. The van der Waals surface area contributed by atoms with Crippen molar-refractivity contribution in [2.75, 3.05) is 19.5 Å². The monoisotopic (exact) mass is 325 g/mol. The molecule has 0 spiro atoms. The predicted molar refractivity (Wildman–Crippen MR) is 87.9 cm³/mol. The van der Waals surface area contributed by atoms with Crippen LogP contribution >= 0.6 is 23.4 Å². The Hall–Kier alpha value is -1.01. The van der Waals surface area contributed by atoms with Crippen LogP contribution in [0.2, 0.25) is 5.02 Å². The van der Waals surface area contributed by atoms with E-state index in [-0.39, 0.29) is 6.04 Å². The standard InChI is InChI=1S/C15H20ClN3OS/c1-11-3-5-12(6-4-11)21-10-14(17)15-13(16)9-18-19(15)7-8-20-2/h3-6,9,14H,7-8,10,17H2,1-2H3. The number of methoxy groups -OCH3 is 1. The van der Waals surface area contributed by atoms with E-state index in [1.165, 1.54) is 10.5 Å². The van der Waals surface area contributed by atoms with Crippen LogP contribution in [0.4, 0.5) is 0 Å². The predicted octanol–water partition coefficient (Wildman–Crippen LogP) is 3.28. The molecule has 1 aromatic carbocycles. The van der Waals surface area contributed by atoms with Gasteiger partial charge in [0.15, 0.2) is 0 Å². The van der Waals surface area contributed by atoms with Crippen molar-refractivity contribution < 1.29 is 4.74 Å². The minimum atomic E-state index is -0.164. The van der Waals surface area contributed by atoms with E-state index < -0.39 is 0 Å². The molecule has 4 nitrogen and oxygen atoms in total. The zero-order chi connectivity index (χ0) is 15.2. The van der Waals surface area contributed by atoms with Gasteiger partial charge in [-0.3, -0.25) is 4.68 Å². The largest absolute Gasteiger partial charge is 0.383 e. The number of benzene rings is 1. The van der Waals surface area contributed by atoms with Crippen LogP contribution in [0.1, 0.15) is 17.3 Å². The summed E-state index contributed by atoms with van der Waals surface area (Å²) in [6, 6.07) is 8.25. The van der Waals surface area contributed by atoms with E-state index in [0.29, 0.717) is 18.2 Å². The molecule has 2 N–H and O–H groups in total. The number of thioether (sulfide) groups is 1. The summed E-state index contributed by atoms with van der Waals surface area (Å²) in [6.45, 7) is 3.32. The minimum absolute atomic E-state index is 0.164. The maximum Gasteiger partial charge on any atom is 0.0834 e. The molecule has 0 aliphatic carbocycles. The molecule has 0 bridgehead atoms. The van der Waals surface area contributed by atoms with Crippen LogP contribution in [-0.4, -0.2) is 29.3 Å². The van der Waals surface area contributed by atoms with Crippen LogP contribution in [0, 0.1) is 6.92 Å². The molecule has 21 heavy (non-hydrogen) atoms. The lowest BCUT2D eigenvalue weighted by Crippen LogP contribution is -2.20. The Morgan fingerprint density at radius 2 is 2.10 bits per heavy atom. The van der Waals surface area contributed by atoms with Gasteiger partial charge in [-0.1, -0.05) is 29.3 Å². The molecule has 0 amide bonds. The summed E-state index contributed by atoms with van der Waals surface area (Å²) in [6.07, 6.45) is 1.64. The number of nitrogens with two attached hydrogens (primary N) is 1. The summed E-state index contributed by atoms with van der Waals surface area (Å²) in [4.78, 5) is 1.20. The van der Waals surface area contributed by atoms with Crippen LogP contribution in [-0.2, 0) is 11.3 Å². The third kappa shape index (κ3) is 4.48. The van der Waals surface area contributed by atoms with E-state index in [4.69, 9.17) is 22.1 Å². The van der Waals surface area contributed by atoms with Crippen molar-refractivity contribution in [2.24, 2.45) is 5.73 Å². The number of halogens is 1.